The van der Waals surface area contributed by atoms with E-state index < -0.39 is 0 Å². The second-order valence-corrected chi connectivity index (χ2v) is 4.62. The topological polar surface area (TPSA) is 58.6 Å². The summed E-state index contributed by atoms with van der Waals surface area (Å²) in [6, 6.07) is 5.35. The standard InChI is InChI=1S/C12H16BrNO3/c1-8(7-15)14-6-10-4-3-9(5-11(10)13)12(16)17-2/h3-5,8,14-15H,6-7H2,1-2H3/t8-/m0/s1. The highest BCUT2D eigenvalue weighted by atomic mass is 79.9. The van der Waals surface area contributed by atoms with Crippen molar-refractivity contribution in [2.24, 2.45) is 0 Å². The highest BCUT2D eigenvalue weighted by Gasteiger charge is 2.08. The number of hydrogen-bond acceptors (Lipinski definition) is 4. The Morgan fingerprint density at radius 2 is 2.29 bits per heavy atom. The Kier molecular flexibility index (Phi) is 5.61. The molecule has 0 bridgehead atoms. The number of benzene rings is 1. The van der Waals surface area contributed by atoms with Gasteiger partial charge in [0.25, 0.3) is 0 Å². The van der Waals surface area contributed by atoms with E-state index in [4.69, 9.17) is 5.11 Å². The Balaban J connectivity index is 2.73. The van der Waals surface area contributed by atoms with E-state index in [-0.39, 0.29) is 18.6 Å². The van der Waals surface area contributed by atoms with E-state index in [2.05, 4.69) is 26.0 Å². The molecule has 1 atom stereocenters. The van der Waals surface area contributed by atoms with Crippen molar-refractivity contribution in [3.05, 3.63) is 33.8 Å². The molecule has 0 spiro atoms. The van der Waals surface area contributed by atoms with Crippen LogP contribution in [0.1, 0.15) is 22.8 Å². The van der Waals surface area contributed by atoms with Crippen molar-refractivity contribution in [3.8, 4) is 0 Å². The van der Waals surface area contributed by atoms with E-state index in [1.165, 1.54) is 7.11 Å². The Hall–Kier alpha value is -0.910. The minimum absolute atomic E-state index is 0.0437. The van der Waals surface area contributed by atoms with E-state index in [9.17, 15) is 4.79 Å². The second kappa shape index (κ2) is 6.74. The first kappa shape index (κ1) is 14.2. The molecule has 0 aromatic heterocycles. The monoisotopic (exact) mass is 301 g/mol. The predicted octanol–water partition coefficient (Wildman–Crippen LogP) is 1.71. The van der Waals surface area contributed by atoms with Crippen LogP contribution in [0.4, 0.5) is 0 Å². The quantitative estimate of drug-likeness (QED) is 0.813. The summed E-state index contributed by atoms with van der Waals surface area (Å²) in [5.74, 6) is -0.353. The fraction of sp³-hybridized carbons (Fsp3) is 0.417. The Labute approximate surface area is 109 Å². The molecule has 0 amide bonds. The minimum atomic E-state index is -0.353. The lowest BCUT2D eigenvalue weighted by atomic mass is 10.1. The molecule has 0 aliphatic carbocycles. The van der Waals surface area contributed by atoms with Gasteiger partial charge in [-0.25, -0.2) is 4.79 Å². The van der Waals surface area contributed by atoms with Crippen LogP contribution in [-0.4, -0.2) is 30.8 Å². The number of halogens is 1. The normalized spacial score (nSPS) is 12.2. The van der Waals surface area contributed by atoms with Gasteiger partial charge in [0, 0.05) is 17.1 Å². The van der Waals surface area contributed by atoms with Gasteiger partial charge in [-0.1, -0.05) is 22.0 Å². The van der Waals surface area contributed by atoms with Crippen molar-refractivity contribution in [3.63, 3.8) is 0 Å². The molecule has 0 fully saturated rings. The van der Waals surface area contributed by atoms with E-state index >= 15 is 0 Å². The van der Waals surface area contributed by atoms with Crippen LogP contribution >= 0.6 is 15.9 Å². The number of hydrogen-bond donors (Lipinski definition) is 2. The second-order valence-electron chi connectivity index (χ2n) is 3.76. The van der Waals surface area contributed by atoms with Gasteiger partial charge in [0.1, 0.15) is 0 Å². The molecule has 0 saturated heterocycles. The number of rotatable bonds is 5. The summed E-state index contributed by atoms with van der Waals surface area (Å²) in [6.07, 6.45) is 0. The average Bonchev–Trinajstić information content (AvgIpc) is 2.35. The van der Waals surface area contributed by atoms with E-state index in [1.807, 2.05) is 13.0 Å². The van der Waals surface area contributed by atoms with Crippen LogP contribution in [0.3, 0.4) is 0 Å². The van der Waals surface area contributed by atoms with Gasteiger partial charge < -0.3 is 15.2 Å². The Bertz CT molecular complexity index is 395. The third-order valence-electron chi connectivity index (χ3n) is 2.39. The van der Waals surface area contributed by atoms with Crippen LogP contribution in [0.5, 0.6) is 0 Å². The maximum Gasteiger partial charge on any atom is 0.337 e. The lowest BCUT2D eigenvalue weighted by Gasteiger charge is -2.12. The summed E-state index contributed by atoms with van der Waals surface area (Å²) in [7, 11) is 1.36. The molecule has 17 heavy (non-hydrogen) atoms. The third kappa shape index (κ3) is 4.11. The SMILES string of the molecule is COC(=O)c1ccc(CN[C@@H](C)CO)c(Br)c1. The molecule has 0 aliphatic rings. The van der Waals surface area contributed by atoms with E-state index in [0.29, 0.717) is 12.1 Å². The summed E-state index contributed by atoms with van der Waals surface area (Å²) in [6.45, 7) is 2.62. The lowest BCUT2D eigenvalue weighted by molar-refractivity contribution is 0.0600. The minimum Gasteiger partial charge on any atom is -0.465 e. The first-order valence-corrected chi connectivity index (χ1v) is 6.08. The molecular weight excluding hydrogens is 286 g/mol. The fourth-order valence-electron chi connectivity index (χ4n) is 1.28. The number of nitrogens with one attached hydrogen (secondary N) is 1. The number of carbonyl (C=O) groups excluding carboxylic acids is 1. The maximum atomic E-state index is 11.3. The molecule has 0 heterocycles. The Morgan fingerprint density at radius 3 is 2.82 bits per heavy atom. The number of aliphatic hydroxyl groups excluding tert-OH is 1. The molecule has 94 valence electrons. The Morgan fingerprint density at radius 1 is 1.59 bits per heavy atom. The van der Waals surface area contributed by atoms with Crippen molar-refractivity contribution >= 4 is 21.9 Å². The molecular formula is C12H16BrNO3. The first-order valence-electron chi connectivity index (χ1n) is 5.29. The van der Waals surface area contributed by atoms with Crippen LogP contribution in [0, 0.1) is 0 Å². The number of aliphatic hydroxyl groups is 1. The van der Waals surface area contributed by atoms with Crippen molar-refractivity contribution < 1.29 is 14.6 Å². The molecule has 1 aromatic carbocycles. The lowest BCUT2D eigenvalue weighted by Crippen LogP contribution is -2.28. The van der Waals surface area contributed by atoms with Gasteiger partial charge >= 0.3 is 5.97 Å². The number of carbonyl (C=O) groups is 1. The fourth-order valence-corrected chi connectivity index (χ4v) is 1.80. The van der Waals surface area contributed by atoms with Crippen molar-refractivity contribution in [1.29, 1.82) is 0 Å². The highest BCUT2D eigenvalue weighted by molar-refractivity contribution is 9.10. The predicted molar refractivity (Wildman–Crippen MR) is 68.9 cm³/mol. The van der Waals surface area contributed by atoms with Crippen LogP contribution in [0.25, 0.3) is 0 Å². The molecule has 0 unspecified atom stereocenters. The maximum absolute atomic E-state index is 11.3. The number of esters is 1. The molecule has 5 heteroatoms. The third-order valence-corrected chi connectivity index (χ3v) is 3.13. The van der Waals surface area contributed by atoms with Gasteiger partial charge in [-0.3, -0.25) is 0 Å². The van der Waals surface area contributed by atoms with Crippen LogP contribution in [-0.2, 0) is 11.3 Å². The zero-order chi connectivity index (χ0) is 12.8. The molecule has 0 radical (unpaired) electrons. The summed E-state index contributed by atoms with van der Waals surface area (Å²) in [5, 5.41) is 12.1. The van der Waals surface area contributed by atoms with Crippen molar-refractivity contribution in [2.75, 3.05) is 13.7 Å². The molecule has 2 N–H and O–H groups in total. The van der Waals surface area contributed by atoms with Gasteiger partial charge in [0.15, 0.2) is 0 Å². The van der Waals surface area contributed by atoms with Gasteiger partial charge in [-0.15, -0.1) is 0 Å². The molecule has 0 aliphatic heterocycles. The molecule has 4 nitrogen and oxygen atoms in total. The molecule has 1 aromatic rings. The van der Waals surface area contributed by atoms with Crippen LogP contribution in [0.15, 0.2) is 22.7 Å². The van der Waals surface area contributed by atoms with Gasteiger partial charge in [-0.2, -0.15) is 0 Å². The van der Waals surface area contributed by atoms with Crippen LogP contribution < -0.4 is 5.32 Å². The largest absolute Gasteiger partial charge is 0.465 e. The van der Waals surface area contributed by atoms with Crippen LogP contribution in [0.2, 0.25) is 0 Å². The first-order chi connectivity index (χ1) is 8.08. The summed E-state index contributed by atoms with van der Waals surface area (Å²) in [5.41, 5.74) is 1.54. The van der Waals surface area contributed by atoms with Gasteiger partial charge in [0.05, 0.1) is 19.3 Å². The summed E-state index contributed by atoms with van der Waals surface area (Å²) < 4.78 is 5.48. The van der Waals surface area contributed by atoms with E-state index in [0.717, 1.165) is 10.0 Å². The van der Waals surface area contributed by atoms with E-state index in [1.54, 1.807) is 12.1 Å². The average molecular weight is 302 g/mol. The number of methoxy groups -OCH3 is 1. The number of ether oxygens (including phenoxy) is 1. The summed E-state index contributed by atoms with van der Waals surface area (Å²) in [4.78, 5) is 11.3. The molecule has 1 rings (SSSR count). The smallest absolute Gasteiger partial charge is 0.337 e. The van der Waals surface area contributed by atoms with Gasteiger partial charge in [-0.05, 0) is 24.6 Å². The van der Waals surface area contributed by atoms with Crippen molar-refractivity contribution in [2.45, 2.75) is 19.5 Å². The zero-order valence-electron chi connectivity index (χ0n) is 9.87. The zero-order valence-corrected chi connectivity index (χ0v) is 11.5. The van der Waals surface area contributed by atoms with Gasteiger partial charge in [0.2, 0.25) is 0 Å². The highest BCUT2D eigenvalue weighted by Crippen LogP contribution is 2.19. The molecule has 0 saturated carbocycles. The summed E-state index contributed by atoms with van der Waals surface area (Å²) >= 11 is 3.41. The van der Waals surface area contributed by atoms with Crippen molar-refractivity contribution in [1.82, 2.24) is 5.32 Å².